The second kappa shape index (κ2) is 5.58. The van der Waals surface area contributed by atoms with E-state index in [0.29, 0.717) is 10.9 Å². The van der Waals surface area contributed by atoms with Crippen LogP contribution in [-0.4, -0.2) is 17.1 Å². The van der Waals surface area contributed by atoms with Crippen molar-refractivity contribution in [3.63, 3.8) is 0 Å². The molecule has 1 amide bonds. The molecule has 5 heteroatoms. The van der Waals surface area contributed by atoms with Crippen LogP contribution in [0.4, 0.5) is 4.39 Å². The van der Waals surface area contributed by atoms with Crippen LogP contribution in [0.5, 0.6) is 0 Å². The van der Waals surface area contributed by atoms with E-state index in [0.717, 1.165) is 11.1 Å². The van der Waals surface area contributed by atoms with E-state index in [1.54, 1.807) is 6.07 Å². The Morgan fingerprint density at radius 1 is 1.29 bits per heavy atom. The Morgan fingerprint density at radius 3 is 2.81 bits per heavy atom. The van der Waals surface area contributed by atoms with Gasteiger partial charge in [0, 0.05) is 10.9 Å². The lowest BCUT2D eigenvalue weighted by Crippen LogP contribution is -2.34. The molecule has 3 nitrogen and oxygen atoms in total. The van der Waals surface area contributed by atoms with Crippen LogP contribution >= 0.6 is 15.9 Å². The highest BCUT2D eigenvalue weighted by Crippen LogP contribution is 2.31. The summed E-state index contributed by atoms with van der Waals surface area (Å²) in [7, 11) is 0. The molecule has 0 unspecified atom stereocenters. The number of carbonyl (C=O) groups is 1. The highest BCUT2D eigenvalue weighted by molar-refractivity contribution is 9.10. The van der Waals surface area contributed by atoms with Gasteiger partial charge in [-0.25, -0.2) is 4.39 Å². The molecule has 21 heavy (non-hydrogen) atoms. The molecule has 0 bridgehead atoms. The predicted octanol–water partition coefficient (Wildman–Crippen LogP) is 2.98. The summed E-state index contributed by atoms with van der Waals surface area (Å²) in [4.78, 5) is 12.2. The molecule has 0 aromatic heterocycles. The number of hydrogen-bond acceptors (Lipinski definition) is 2. The van der Waals surface area contributed by atoms with Crippen molar-refractivity contribution in [2.24, 2.45) is 0 Å². The molecule has 0 saturated carbocycles. The van der Waals surface area contributed by atoms with Gasteiger partial charge in [0.15, 0.2) is 0 Å². The van der Waals surface area contributed by atoms with E-state index in [1.165, 1.54) is 12.1 Å². The monoisotopic (exact) mass is 349 g/mol. The molecule has 0 fully saturated rings. The average molecular weight is 350 g/mol. The summed E-state index contributed by atoms with van der Waals surface area (Å²) in [5, 5.41) is 12.8. The minimum absolute atomic E-state index is 0.0326. The van der Waals surface area contributed by atoms with E-state index in [9.17, 15) is 14.3 Å². The van der Waals surface area contributed by atoms with Crippen LogP contribution in [0.3, 0.4) is 0 Å². The molecule has 3 rings (SSSR count). The van der Waals surface area contributed by atoms with Crippen molar-refractivity contribution < 1.29 is 14.3 Å². The number of aliphatic hydroxyl groups is 1. The minimum Gasteiger partial charge on any atom is -0.390 e. The van der Waals surface area contributed by atoms with Crippen LogP contribution in [0.2, 0.25) is 0 Å². The van der Waals surface area contributed by atoms with E-state index >= 15 is 0 Å². The van der Waals surface area contributed by atoms with Gasteiger partial charge in [0.1, 0.15) is 5.82 Å². The molecule has 1 aliphatic carbocycles. The first kappa shape index (κ1) is 14.2. The summed E-state index contributed by atoms with van der Waals surface area (Å²) in [6.45, 7) is 0. The summed E-state index contributed by atoms with van der Waals surface area (Å²) in [6, 6.07) is 11.3. The van der Waals surface area contributed by atoms with Gasteiger partial charge < -0.3 is 10.4 Å². The van der Waals surface area contributed by atoms with E-state index in [4.69, 9.17) is 0 Å². The number of amides is 1. The average Bonchev–Trinajstić information content (AvgIpc) is 2.75. The third-order valence-corrected chi connectivity index (χ3v) is 4.16. The second-order valence-corrected chi connectivity index (χ2v) is 5.96. The molecule has 0 spiro atoms. The Labute approximate surface area is 129 Å². The maximum absolute atomic E-state index is 13.8. The quantitative estimate of drug-likeness (QED) is 0.875. The summed E-state index contributed by atoms with van der Waals surface area (Å²) in [6.07, 6.45) is -0.200. The summed E-state index contributed by atoms with van der Waals surface area (Å²) in [5.41, 5.74) is 1.86. The highest BCUT2D eigenvalue weighted by Gasteiger charge is 2.32. The summed E-state index contributed by atoms with van der Waals surface area (Å²) >= 11 is 3.15. The van der Waals surface area contributed by atoms with Crippen LogP contribution < -0.4 is 5.32 Å². The number of fused-ring (bicyclic) bond motifs is 1. The number of rotatable bonds is 2. The SMILES string of the molecule is O=C(N[C@@H]1c2ccccc2C[C@@H]1O)c1ccc(Br)cc1F. The number of benzene rings is 2. The number of nitrogens with one attached hydrogen (secondary N) is 1. The standard InChI is InChI=1S/C16H13BrFNO2/c17-10-5-6-12(13(18)8-10)16(21)19-15-11-4-2-1-3-9(11)7-14(15)20/h1-6,8,14-15,20H,7H2,(H,19,21)/t14-,15+/m0/s1. The Balaban J connectivity index is 1.85. The molecule has 2 N–H and O–H groups in total. The zero-order chi connectivity index (χ0) is 15.0. The fourth-order valence-electron chi connectivity index (χ4n) is 2.64. The Bertz CT molecular complexity index is 704. The normalized spacial score (nSPS) is 20.1. The summed E-state index contributed by atoms with van der Waals surface area (Å²) < 4.78 is 14.4. The third kappa shape index (κ3) is 2.71. The second-order valence-electron chi connectivity index (χ2n) is 5.05. The number of carbonyl (C=O) groups excluding carboxylic acids is 1. The van der Waals surface area contributed by atoms with Crippen molar-refractivity contribution in [2.45, 2.75) is 18.6 Å². The molecule has 2 aromatic rings. The molecule has 2 aromatic carbocycles. The Morgan fingerprint density at radius 2 is 2.05 bits per heavy atom. The first-order valence-electron chi connectivity index (χ1n) is 6.58. The van der Waals surface area contributed by atoms with Crippen LogP contribution in [0.1, 0.15) is 27.5 Å². The molecule has 2 atom stereocenters. The maximum atomic E-state index is 13.8. The summed E-state index contributed by atoms with van der Waals surface area (Å²) in [5.74, 6) is -1.12. The largest absolute Gasteiger partial charge is 0.390 e. The van der Waals surface area contributed by atoms with E-state index in [-0.39, 0.29) is 5.56 Å². The Hall–Kier alpha value is -1.72. The first-order chi connectivity index (χ1) is 10.1. The maximum Gasteiger partial charge on any atom is 0.254 e. The fraction of sp³-hybridized carbons (Fsp3) is 0.188. The van der Waals surface area contributed by atoms with Crippen molar-refractivity contribution in [3.8, 4) is 0 Å². The third-order valence-electron chi connectivity index (χ3n) is 3.67. The van der Waals surface area contributed by atoms with Crippen molar-refractivity contribution in [1.82, 2.24) is 5.32 Å². The topological polar surface area (TPSA) is 49.3 Å². The first-order valence-corrected chi connectivity index (χ1v) is 7.37. The number of halogens is 2. The van der Waals surface area contributed by atoms with Crippen molar-refractivity contribution in [2.75, 3.05) is 0 Å². The molecular formula is C16H13BrFNO2. The molecule has 0 saturated heterocycles. The smallest absolute Gasteiger partial charge is 0.254 e. The Kier molecular flexibility index (Phi) is 3.78. The lowest BCUT2D eigenvalue weighted by Gasteiger charge is -2.18. The van der Waals surface area contributed by atoms with Gasteiger partial charge in [-0.3, -0.25) is 4.79 Å². The lowest BCUT2D eigenvalue weighted by atomic mass is 10.1. The van der Waals surface area contributed by atoms with Crippen LogP contribution in [-0.2, 0) is 6.42 Å². The zero-order valence-corrected chi connectivity index (χ0v) is 12.6. The van der Waals surface area contributed by atoms with Crippen LogP contribution in [0.15, 0.2) is 46.9 Å². The van der Waals surface area contributed by atoms with Gasteiger partial charge in [0.2, 0.25) is 0 Å². The minimum atomic E-state index is -0.690. The van der Waals surface area contributed by atoms with Crippen LogP contribution in [0, 0.1) is 5.82 Å². The van der Waals surface area contributed by atoms with Crippen molar-refractivity contribution in [3.05, 3.63) is 69.4 Å². The van der Waals surface area contributed by atoms with Gasteiger partial charge >= 0.3 is 0 Å². The molecule has 0 aliphatic heterocycles. The predicted molar refractivity (Wildman–Crippen MR) is 80.5 cm³/mol. The molecule has 108 valence electrons. The van der Waals surface area contributed by atoms with Gasteiger partial charge in [-0.05, 0) is 29.3 Å². The van der Waals surface area contributed by atoms with Gasteiger partial charge in [-0.1, -0.05) is 40.2 Å². The molecule has 1 aliphatic rings. The molecule has 0 radical (unpaired) electrons. The zero-order valence-electron chi connectivity index (χ0n) is 11.0. The van der Waals surface area contributed by atoms with Crippen LogP contribution in [0.25, 0.3) is 0 Å². The number of hydrogen-bond donors (Lipinski definition) is 2. The van der Waals surface area contributed by atoms with Crippen molar-refractivity contribution in [1.29, 1.82) is 0 Å². The van der Waals surface area contributed by atoms with Gasteiger partial charge in [0.05, 0.1) is 17.7 Å². The van der Waals surface area contributed by atoms with Gasteiger partial charge in [-0.2, -0.15) is 0 Å². The highest BCUT2D eigenvalue weighted by atomic mass is 79.9. The number of aliphatic hydroxyl groups excluding tert-OH is 1. The van der Waals surface area contributed by atoms with Crippen molar-refractivity contribution >= 4 is 21.8 Å². The lowest BCUT2D eigenvalue weighted by molar-refractivity contribution is 0.0854. The van der Waals surface area contributed by atoms with E-state index in [2.05, 4.69) is 21.2 Å². The fourth-order valence-corrected chi connectivity index (χ4v) is 2.97. The molecular weight excluding hydrogens is 337 g/mol. The van der Waals surface area contributed by atoms with Gasteiger partial charge in [0.25, 0.3) is 5.91 Å². The van der Waals surface area contributed by atoms with E-state index in [1.807, 2.05) is 24.3 Å². The van der Waals surface area contributed by atoms with E-state index < -0.39 is 23.9 Å². The molecule has 0 heterocycles. The van der Waals surface area contributed by atoms with Gasteiger partial charge in [-0.15, -0.1) is 0 Å².